The van der Waals surface area contributed by atoms with Crippen LogP contribution >= 0.6 is 0 Å². The summed E-state index contributed by atoms with van der Waals surface area (Å²) in [6.07, 6.45) is 4.53. The lowest BCUT2D eigenvalue weighted by Crippen LogP contribution is -2.31. The quantitative estimate of drug-likeness (QED) is 0.822. The highest BCUT2D eigenvalue weighted by atomic mass is 16.2. The van der Waals surface area contributed by atoms with Gasteiger partial charge in [-0.15, -0.1) is 0 Å². The van der Waals surface area contributed by atoms with Crippen molar-refractivity contribution in [2.75, 3.05) is 6.54 Å². The second kappa shape index (κ2) is 7.78. The number of aromatic amines is 1. The van der Waals surface area contributed by atoms with Gasteiger partial charge in [-0.1, -0.05) is 51.3 Å². The maximum atomic E-state index is 12.3. The SMILES string of the molecule is CCCCC(CC)CNC(=O)c1cc2ccccc2c(=O)[nH]1. The van der Waals surface area contributed by atoms with Gasteiger partial charge in [-0.2, -0.15) is 0 Å². The number of fused-ring (bicyclic) bond motifs is 1. The number of amides is 1. The largest absolute Gasteiger partial charge is 0.350 e. The molecule has 0 spiro atoms. The Hall–Kier alpha value is -2.10. The van der Waals surface area contributed by atoms with Gasteiger partial charge in [0, 0.05) is 11.9 Å². The number of benzene rings is 1. The molecule has 1 amide bonds. The molecular weight excluding hydrogens is 276 g/mol. The molecule has 0 fully saturated rings. The molecule has 1 atom stereocenters. The van der Waals surface area contributed by atoms with Gasteiger partial charge < -0.3 is 10.3 Å². The van der Waals surface area contributed by atoms with Crippen LogP contribution < -0.4 is 10.9 Å². The minimum atomic E-state index is -0.221. The van der Waals surface area contributed by atoms with Crippen molar-refractivity contribution in [3.05, 3.63) is 46.4 Å². The van der Waals surface area contributed by atoms with Gasteiger partial charge in [0.15, 0.2) is 0 Å². The average molecular weight is 300 g/mol. The van der Waals surface area contributed by atoms with Crippen molar-refractivity contribution in [3.8, 4) is 0 Å². The molecule has 0 saturated carbocycles. The minimum Gasteiger partial charge on any atom is -0.350 e. The topological polar surface area (TPSA) is 62.0 Å². The van der Waals surface area contributed by atoms with Gasteiger partial charge in [0.2, 0.25) is 0 Å². The maximum Gasteiger partial charge on any atom is 0.267 e. The average Bonchev–Trinajstić information content (AvgIpc) is 2.54. The van der Waals surface area contributed by atoms with Gasteiger partial charge in [0.25, 0.3) is 11.5 Å². The van der Waals surface area contributed by atoms with Gasteiger partial charge in [-0.05, 0) is 29.9 Å². The molecule has 0 radical (unpaired) electrons. The predicted octanol–water partition coefficient (Wildman–Crippen LogP) is 3.47. The molecule has 0 saturated heterocycles. The van der Waals surface area contributed by atoms with Crippen molar-refractivity contribution in [2.45, 2.75) is 39.5 Å². The number of rotatable bonds is 7. The number of carbonyl (C=O) groups excluding carboxylic acids is 1. The summed E-state index contributed by atoms with van der Waals surface area (Å²) in [6.45, 7) is 4.97. The first-order valence-corrected chi connectivity index (χ1v) is 8.06. The van der Waals surface area contributed by atoms with Crippen molar-refractivity contribution >= 4 is 16.7 Å². The van der Waals surface area contributed by atoms with E-state index in [1.807, 2.05) is 18.2 Å². The number of carbonyl (C=O) groups is 1. The van der Waals surface area contributed by atoms with Crippen LogP contribution in [0.25, 0.3) is 10.8 Å². The normalized spacial score (nSPS) is 12.3. The summed E-state index contributed by atoms with van der Waals surface area (Å²) in [5, 5.41) is 4.33. The lowest BCUT2D eigenvalue weighted by Gasteiger charge is -2.15. The second-order valence-electron chi connectivity index (χ2n) is 5.73. The summed E-state index contributed by atoms with van der Waals surface area (Å²) in [7, 11) is 0. The number of nitrogens with one attached hydrogen (secondary N) is 2. The molecule has 0 aliphatic heterocycles. The zero-order valence-electron chi connectivity index (χ0n) is 13.3. The van der Waals surface area contributed by atoms with Crippen molar-refractivity contribution < 1.29 is 4.79 Å². The highest BCUT2D eigenvalue weighted by molar-refractivity contribution is 5.96. The highest BCUT2D eigenvalue weighted by Gasteiger charge is 2.12. The third kappa shape index (κ3) is 3.97. The van der Waals surface area contributed by atoms with Crippen molar-refractivity contribution in [2.24, 2.45) is 5.92 Å². The number of unbranched alkanes of at least 4 members (excludes halogenated alkanes) is 1. The van der Waals surface area contributed by atoms with Crippen molar-refractivity contribution in [1.82, 2.24) is 10.3 Å². The Bertz CT molecular complexity index is 691. The van der Waals surface area contributed by atoms with Crippen LogP contribution in [0.15, 0.2) is 35.1 Å². The molecular formula is C18H24N2O2. The molecule has 2 aromatic rings. The van der Waals surface area contributed by atoms with Crippen LogP contribution in [0.3, 0.4) is 0 Å². The van der Waals surface area contributed by atoms with Crippen molar-refractivity contribution in [3.63, 3.8) is 0 Å². The summed E-state index contributed by atoms with van der Waals surface area (Å²) >= 11 is 0. The first-order valence-electron chi connectivity index (χ1n) is 8.06. The molecule has 0 aliphatic rings. The van der Waals surface area contributed by atoms with E-state index in [4.69, 9.17) is 0 Å². The van der Waals surface area contributed by atoms with E-state index in [0.29, 0.717) is 23.5 Å². The van der Waals surface area contributed by atoms with Gasteiger partial charge in [0.05, 0.1) is 0 Å². The molecule has 2 N–H and O–H groups in total. The lowest BCUT2D eigenvalue weighted by molar-refractivity contribution is 0.0941. The third-order valence-corrected chi connectivity index (χ3v) is 4.09. The predicted molar refractivity (Wildman–Crippen MR) is 90.2 cm³/mol. The number of H-pyrrole nitrogens is 1. The van der Waals surface area contributed by atoms with Crippen LogP contribution in [0.1, 0.15) is 50.0 Å². The van der Waals surface area contributed by atoms with E-state index in [0.717, 1.165) is 18.2 Å². The molecule has 1 unspecified atom stereocenters. The highest BCUT2D eigenvalue weighted by Crippen LogP contribution is 2.12. The number of hydrogen-bond acceptors (Lipinski definition) is 2. The Balaban J connectivity index is 2.08. The van der Waals surface area contributed by atoms with Crippen LogP contribution in [0.4, 0.5) is 0 Å². The Morgan fingerprint density at radius 2 is 2.05 bits per heavy atom. The fourth-order valence-electron chi connectivity index (χ4n) is 2.61. The molecule has 1 aromatic carbocycles. The Labute approximate surface area is 130 Å². The van der Waals surface area contributed by atoms with Crippen LogP contribution in [-0.4, -0.2) is 17.4 Å². The first kappa shape index (κ1) is 16.3. The smallest absolute Gasteiger partial charge is 0.267 e. The van der Waals surface area contributed by atoms with E-state index < -0.39 is 0 Å². The van der Waals surface area contributed by atoms with E-state index in [2.05, 4.69) is 24.1 Å². The fourth-order valence-corrected chi connectivity index (χ4v) is 2.61. The summed E-state index contributed by atoms with van der Waals surface area (Å²) in [6, 6.07) is 9.02. The molecule has 22 heavy (non-hydrogen) atoms. The zero-order valence-corrected chi connectivity index (χ0v) is 13.3. The molecule has 4 nitrogen and oxygen atoms in total. The number of pyridine rings is 1. The van der Waals surface area contributed by atoms with Gasteiger partial charge >= 0.3 is 0 Å². The molecule has 4 heteroatoms. The van der Waals surface area contributed by atoms with Crippen molar-refractivity contribution in [1.29, 1.82) is 0 Å². The van der Waals surface area contributed by atoms with E-state index in [1.54, 1.807) is 12.1 Å². The van der Waals surface area contributed by atoms with Crippen LogP contribution in [0.5, 0.6) is 0 Å². The lowest BCUT2D eigenvalue weighted by atomic mass is 9.99. The van der Waals surface area contributed by atoms with Crippen LogP contribution in [-0.2, 0) is 0 Å². The van der Waals surface area contributed by atoms with Gasteiger partial charge in [-0.3, -0.25) is 9.59 Å². The fraction of sp³-hybridized carbons (Fsp3) is 0.444. The first-order chi connectivity index (χ1) is 10.7. The Morgan fingerprint density at radius 3 is 2.77 bits per heavy atom. The van der Waals surface area contributed by atoms with E-state index in [1.165, 1.54) is 12.8 Å². The molecule has 0 aliphatic carbocycles. The van der Waals surface area contributed by atoms with E-state index in [-0.39, 0.29) is 11.5 Å². The summed E-state index contributed by atoms with van der Waals surface area (Å²) < 4.78 is 0. The molecule has 0 bridgehead atoms. The molecule has 1 aromatic heterocycles. The zero-order chi connectivity index (χ0) is 15.9. The minimum absolute atomic E-state index is 0.210. The third-order valence-electron chi connectivity index (χ3n) is 4.09. The molecule has 2 rings (SSSR count). The van der Waals surface area contributed by atoms with E-state index in [9.17, 15) is 9.59 Å². The van der Waals surface area contributed by atoms with Crippen LogP contribution in [0, 0.1) is 5.92 Å². The monoisotopic (exact) mass is 300 g/mol. The Kier molecular flexibility index (Phi) is 5.75. The Morgan fingerprint density at radius 1 is 1.27 bits per heavy atom. The summed E-state index contributed by atoms with van der Waals surface area (Å²) in [5.41, 5.74) is 0.107. The summed E-state index contributed by atoms with van der Waals surface area (Å²) in [5.74, 6) is 0.286. The second-order valence-corrected chi connectivity index (χ2v) is 5.73. The van der Waals surface area contributed by atoms with Gasteiger partial charge in [-0.25, -0.2) is 0 Å². The standard InChI is InChI=1S/C18H24N2O2/c1-3-5-8-13(4-2)12-19-18(22)16-11-14-9-6-7-10-15(14)17(21)20-16/h6-7,9-11,13H,3-5,8,12H2,1-2H3,(H,19,22)(H,20,21). The summed E-state index contributed by atoms with van der Waals surface area (Å²) in [4.78, 5) is 26.9. The number of aromatic nitrogens is 1. The molecule has 118 valence electrons. The van der Waals surface area contributed by atoms with E-state index >= 15 is 0 Å². The van der Waals surface area contributed by atoms with Crippen LogP contribution in [0.2, 0.25) is 0 Å². The van der Waals surface area contributed by atoms with Gasteiger partial charge in [0.1, 0.15) is 5.69 Å². The number of hydrogen-bond donors (Lipinski definition) is 2. The maximum absolute atomic E-state index is 12.3. The molecule has 1 heterocycles.